The van der Waals surface area contributed by atoms with Gasteiger partial charge in [-0.2, -0.15) is 0 Å². The fraction of sp³-hybridized carbons (Fsp3) is 0.357. The molecule has 0 radical (unpaired) electrons. The smallest absolute Gasteiger partial charge is 0.305 e. The van der Waals surface area contributed by atoms with E-state index in [1.54, 1.807) is 23.4 Å². The Balaban J connectivity index is 1.79. The Labute approximate surface area is 135 Å². The zero-order valence-corrected chi connectivity index (χ0v) is 12.9. The molecule has 3 heterocycles. The molecule has 0 aliphatic carbocycles. The largest absolute Gasteiger partial charge is 0.481 e. The number of rotatable bonds is 4. The van der Waals surface area contributed by atoms with E-state index < -0.39 is 12.0 Å². The van der Waals surface area contributed by atoms with Crippen molar-refractivity contribution < 1.29 is 19.4 Å². The van der Waals surface area contributed by atoms with E-state index in [4.69, 9.17) is 9.84 Å². The third-order valence-electron chi connectivity index (χ3n) is 3.37. The molecule has 1 saturated heterocycles. The maximum absolute atomic E-state index is 12.6. The molecular formula is C14H14N4O4S. The summed E-state index contributed by atoms with van der Waals surface area (Å²) in [6, 6.07) is 1.24. The van der Waals surface area contributed by atoms with Crippen molar-refractivity contribution in [2.75, 3.05) is 19.8 Å². The number of aliphatic carboxylic acids is 1. The van der Waals surface area contributed by atoms with E-state index in [1.807, 2.05) is 0 Å². The van der Waals surface area contributed by atoms with Crippen molar-refractivity contribution in [1.29, 1.82) is 0 Å². The highest BCUT2D eigenvalue weighted by Crippen LogP contribution is 2.24. The Morgan fingerprint density at radius 2 is 2.13 bits per heavy atom. The van der Waals surface area contributed by atoms with Gasteiger partial charge in [0.2, 0.25) is 0 Å². The number of carbonyl (C=O) groups is 2. The van der Waals surface area contributed by atoms with Crippen LogP contribution < -0.4 is 0 Å². The number of carboxylic acids is 1. The summed E-state index contributed by atoms with van der Waals surface area (Å²) in [5, 5.41) is 9.52. The first kappa shape index (κ1) is 15.5. The van der Waals surface area contributed by atoms with E-state index in [1.165, 1.54) is 17.5 Å². The van der Waals surface area contributed by atoms with Crippen molar-refractivity contribution in [2.24, 2.45) is 0 Å². The zero-order chi connectivity index (χ0) is 16.2. The van der Waals surface area contributed by atoms with Crippen LogP contribution in [0.3, 0.4) is 0 Å². The van der Waals surface area contributed by atoms with Crippen molar-refractivity contribution in [2.45, 2.75) is 12.5 Å². The Morgan fingerprint density at radius 3 is 2.87 bits per heavy atom. The lowest BCUT2D eigenvalue weighted by Gasteiger charge is -2.34. The topological polar surface area (TPSA) is 106 Å². The van der Waals surface area contributed by atoms with Gasteiger partial charge in [-0.1, -0.05) is 0 Å². The number of ether oxygens (including phenoxy) is 1. The average Bonchev–Trinajstić information content (AvgIpc) is 3.05. The summed E-state index contributed by atoms with van der Waals surface area (Å²) in [5.74, 6) is -0.735. The van der Waals surface area contributed by atoms with Crippen LogP contribution in [-0.4, -0.2) is 62.6 Å². The molecule has 1 N–H and O–H groups in total. The maximum Gasteiger partial charge on any atom is 0.305 e. The standard InChI is InChI=1S/C14H14N4O4S/c19-11(20)6-9-8-22-5-4-18(9)14(21)10-7-17-13(23-10)12-15-2-1-3-16-12/h1-3,7,9H,4-6,8H2,(H,19,20). The van der Waals surface area contributed by atoms with Crippen LogP contribution in [0.2, 0.25) is 0 Å². The Bertz CT molecular complexity index is 706. The summed E-state index contributed by atoms with van der Waals surface area (Å²) in [6.07, 6.45) is 4.55. The minimum atomic E-state index is -0.957. The van der Waals surface area contributed by atoms with Gasteiger partial charge in [-0.25, -0.2) is 15.0 Å². The van der Waals surface area contributed by atoms with Gasteiger partial charge in [0.25, 0.3) is 5.91 Å². The van der Waals surface area contributed by atoms with Crippen LogP contribution in [0.4, 0.5) is 0 Å². The van der Waals surface area contributed by atoms with E-state index in [9.17, 15) is 9.59 Å². The fourth-order valence-corrected chi connectivity index (χ4v) is 3.14. The maximum atomic E-state index is 12.6. The second-order valence-electron chi connectivity index (χ2n) is 4.93. The number of carboxylic acid groups (broad SMARTS) is 1. The highest BCUT2D eigenvalue weighted by Gasteiger charge is 2.30. The molecule has 1 aliphatic heterocycles. The van der Waals surface area contributed by atoms with Crippen LogP contribution in [0.15, 0.2) is 24.7 Å². The molecule has 23 heavy (non-hydrogen) atoms. The van der Waals surface area contributed by atoms with Gasteiger partial charge >= 0.3 is 5.97 Å². The van der Waals surface area contributed by atoms with E-state index in [0.717, 1.165) is 0 Å². The van der Waals surface area contributed by atoms with E-state index in [2.05, 4.69) is 15.0 Å². The van der Waals surface area contributed by atoms with Crippen LogP contribution in [0, 0.1) is 0 Å². The summed E-state index contributed by atoms with van der Waals surface area (Å²) >= 11 is 1.19. The summed E-state index contributed by atoms with van der Waals surface area (Å²) < 4.78 is 5.28. The molecule has 0 saturated carbocycles. The van der Waals surface area contributed by atoms with Crippen molar-refractivity contribution >= 4 is 23.2 Å². The van der Waals surface area contributed by atoms with Gasteiger partial charge in [-0.15, -0.1) is 11.3 Å². The lowest BCUT2D eigenvalue weighted by molar-refractivity contribution is -0.139. The minimum absolute atomic E-state index is 0.140. The highest BCUT2D eigenvalue weighted by molar-refractivity contribution is 7.16. The molecule has 8 nitrogen and oxygen atoms in total. The van der Waals surface area contributed by atoms with Gasteiger partial charge in [0, 0.05) is 18.9 Å². The molecule has 1 unspecified atom stereocenters. The van der Waals surface area contributed by atoms with Crippen LogP contribution in [0.25, 0.3) is 10.8 Å². The van der Waals surface area contributed by atoms with Crippen LogP contribution in [-0.2, 0) is 9.53 Å². The summed E-state index contributed by atoms with van der Waals surface area (Å²) in [7, 11) is 0. The first-order valence-electron chi connectivity index (χ1n) is 6.99. The Morgan fingerprint density at radius 1 is 1.35 bits per heavy atom. The van der Waals surface area contributed by atoms with E-state index in [-0.39, 0.29) is 18.9 Å². The number of carbonyl (C=O) groups excluding carboxylic acids is 1. The number of aromatic nitrogens is 3. The normalized spacial score (nSPS) is 17.9. The molecule has 1 aliphatic rings. The number of thiazole rings is 1. The van der Waals surface area contributed by atoms with E-state index in [0.29, 0.717) is 28.9 Å². The fourth-order valence-electron chi connectivity index (χ4n) is 2.32. The predicted molar refractivity (Wildman–Crippen MR) is 81.0 cm³/mol. The Kier molecular flexibility index (Phi) is 4.58. The molecule has 0 aromatic carbocycles. The lowest BCUT2D eigenvalue weighted by Crippen LogP contribution is -2.49. The van der Waals surface area contributed by atoms with Crippen molar-refractivity contribution in [1.82, 2.24) is 19.9 Å². The molecule has 0 spiro atoms. The first-order valence-corrected chi connectivity index (χ1v) is 7.80. The SMILES string of the molecule is O=C(O)CC1COCCN1C(=O)c1cnc(-c2ncccn2)s1. The summed E-state index contributed by atoms with van der Waals surface area (Å²) in [6.45, 7) is 0.993. The van der Waals surface area contributed by atoms with Crippen molar-refractivity contribution in [3.63, 3.8) is 0 Å². The molecule has 3 rings (SSSR count). The van der Waals surface area contributed by atoms with E-state index >= 15 is 0 Å². The number of amides is 1. The summed E-state index contributed by atoms with van der Waals surface area (Å²) in [4.78, 5) is 38.0. The molecule has 2 aromatic heterocycles. The van der Waals surface area contributed by atoms with Gasteiger partial charge in [0.15, 0.2) is 10.8 Å². The minimum Gasteiger partial charge on any atom is -0.481 e. The lowest BCUT2D eigenvalue weighted by atomic mass is 10.1. The molecular weight excluding hydrogens is 320 g/mol. The number of nitrogens with zero attached hydrogens (tertiary/aromatic N) is 4. The number of hydrogen-bond donors (Lipinski definition) is 1. The molecule has 1 atom stereocenters. The first-order chi connectivity index (χ1) is 11.1. The van der Waals surface area contributed by atoms with Crippen LogP contribution >= 0.6 is 11.3 Å². The number of hydrogen-bond acceptors (Lipinski definition) is 7. The molecule has 9 heteroatoms. The number of morpholine rings is 1. The molecule has 120 valence electrons. The molecule has 2 aromatic rings. The monoisotopic (exact) mass is 334 g/mol. The summed E-state index contributed by atoms with van der Waals surface area (Å²) in [5.41, 5.74) is 0. The second-order valence-corrected chi connectivity index (χ2v) is 5.96. The average molecular weight is 334 g/mol. The Hall–Kier alpha value is -2.39. The van der Waals surface area contributed by atoms with Crippen LogP contribution in [0.5, 0.6) is 0 Å². The van der Waals surface area contributed by atoms with Gasteiger partial charge in [-0.05, 0) is 6.07 Å². The van der Waals surface area contributed by atoms with Crippen molar-refractivity contribution in [3.05, 3.63) is 29.5 Å². The molecule has 0 bridgehead atoms. The van der Waals surface area contributed by atoms with Crippen molar-refractivity contribution in [3.8, 4) is 10.8 Å². The zero-order valence-electron chi connectivity index (χ0n) is 12.1. The third-order valence-corrected chi connectivity index (χ3v) is 4.35. The van der Waals surface area contributed by atoms with Gasteiger partial charge in [0.05, 0.1) is 31.9 Å². The van der Waals surface area contributed by atoms with Gasteiger partial charge in [0.1, 0.15) is 4.88 Å². The predicted octanol–water partition coefficient (Wildman–Crippen LogP) is 0.916. The quantitative estimate of drug-likeness (QED) is 0.886. The molecule has 1 fully saturated rings. The second kappa shape index (κ2) is 6.80. The molecule has 1 amide bonds. The third kappa shape index (κ3) is 3.51. The highest BCUT2D eigenvalue weighted by atomic mass is 32.1. The van der Waals surface area contributed by atoms with Gasteiger partial charge in [-0.3, -0.25) is 9.59 Å². The van der Waals surface area contributed by atoms with Crippen LogP contribution in [0.1, 0.15) is 16.1 Å². The van der Waals surface area contributed by atoms with Gasteiger partial charge < -0.3 is 14.7 Å².